The van der Waals surface area contributed by atoms with Crippen molar-refractivity contribution in [3.63, 3.8) is 0 Å². The Morgan fingerprint density at radius 2 is 1.96 bits per heavy atom. The van der Waals surface area contributed by atoms with Crippen molar-refractivity contribution >= 4 is 17.3 Å². The lowest BCUT2D eigenvalue weighted by atomic mass is 9.96. The lowest BCUT2D eigenvalue weighted by Gasteiger charge is -2.32. The van der Waals surface area contributed by atoms with Crippen molar-refractivity contribution in [3.8, 4) is 0 Å². The predicted molar refractivity (Wildman–Crippen MR) is 76.9 cm³/mol. The van der Waals surface area contributed by atoms with Crippen molar-refractivity contribution in [2.45, 2.75) is 19.0 Å². The van der Waals surface area contributed by atoms with Gasteiger partial charge in [0.05, 0.1) is 11.0 Å². The Bertz CT molecular complexity index is 628. The average Bonchev–Trinajstić information content (AvgIpc) is 2.52. The van der Waals surface area contributed by atoms with Gasteiger partial charge in [-0.05, 0) is 30.9 Å². The molecule has 0 saturated carbocycles. The first-order valence-corrected chi connectivity index (χ1v) is 7.22. The number of piperidine rings is 1. The Labute approximate surface area is 134 Å². The van der Waals surface area contributed by atoms with Gasteiger partial charge in [0.25, 0.3) is 5.69 Å². The quantitative estimate of drug-likeness (QED) is 0.515. The molecule has 132 valence electrons. The van der Waals surface area contributed by atoms with Crippen LogP contribution in [-0.4, -0.2) is 41.5 Å². The molecule has 1 aromatic rings. The summed E-state index contributed by atoms with van der Waals surface area (Å²) in [6, 6.07) is 3.13. The standard InChI is InChI=1S/C14H15F4N3O3/c15-10-1-2-11(12(7-10)21(23)24)19-8-9-3-5-20(6-4-9)13(22)14(16,17)18/h1-2,7,9,19H,3-6,8H2. The van der Waals surface area contributed by atoms with Crippen LogP contribution in [0.2, 0.25) is 0 Å². The van der Waals surface area contributed by atoms with E-state index in [2.05, 4.69) is 5.32 Å². The number of hydrogen-bond acceptors (Lipinski definition) is 4. The maximum Gasteiger partial charge on any atom is 0.471 e. The molecule has 0 spiro atoms. The number of alkyl halides is 3. The molecule has 1 saturated heterocycles. The number of benzene rings is 1. The minimum absolute atomic E-state index is 0.0177. The van der Waals surface area contributed by atoms with Gasteiger partial charge in [0.2, 0.25) is 0 Å². The zero-order chi connectivity index (χ0) is 17.9. The van der Waals surface area contributed by atoms with Crippen LogP contribution < -0.4 is 5.32 Å². The molecule has 1 aromatic carbocycles. The molecule has 1 aliphatic heterocycles. The van der Waals surface area contributed by atoms with Gasteiger partial charge >= 0.3 is 12.1 Å². The number of nitro groups is 1. The van der Waals surface area contributed by atoms with Crippen LogP contribution in [0.15, 0.2) is 18.2 Å². The van der Waals surface area contributed by atoms with E-state index in [1.165, 1.54) is 6.07 Å². The van der Waals surface area contributed by atoms with Crippen molar-refractivity contribution in [3.05, 3.63) is 34.1 Å². The average molecular weight is 349 g/mol. The maximum absolute atomic E-state index is 13.1. The van der Waals surface area contributed by atoms with Gasteiger partial charge in [-0.25, -0.2) is 4.39 Å². The third-order valence-corrected chi connectivity index (χ3v) is 3.88. The Kier molecular flexibility index (Phi) is 5.25. The van der Waals surface area contributed by atoms with Crippen LogP contribution in [0.25, 0.3) is 0 Å². The number of halogens is 4. The van der Waals surface area contributed by atoms with Gasteiger partial charge in [0.15, 0.2) is 0 Å². The molecule has 0 aliphatic carbocycles. The number of amides is 1. The highest BCUT2D eigenvalue weighted by Gasteiger charge is 2.43. The number of nitrogens with one attached hydrogen (secondary N) is 1. The van der Waals surface area contributed by atoms with Crippen molar-refractivity contribution in [1.29, 1.82) is 0 Å². The van der Waals surface area contributed by atoms with E-state index >= 15 is 0 Å². The molecule has 1 N–H and O–H groups in total. The molecule has 0 atom stereocenters. The number of hydrogen-bond donors (Lipinski definition) is 1. The zero-order valence-electron chi connectivity index (χ0n) is 12.5. The van der Waals surface area contributed by atoms with E-state index in [0.29, 0.717) is 19.4 Å². The van der Waals surface area contributed by atoms with E-state index in [1.807, 2.05) is 0 Å². The molecule has 2 rings (SSSR count). The van der Waals surface area contributed by atoms with E-state index in [1.54, 1.807) is 0 Å². The maximum atomic E-state index is 13.1. The molecule has 1 amide bonds. The molecular weight excluding hydrogens is 334 g/mol. The minimum atomic E-state index is -4.88. The second kappa shape index (κ2) is 7.02. The third kappa shape index (κ3) is 4.33. The highest BCUT2D eigenvalue weighted by Crippen LogP contribution is 2.27. The fourth-order valence-electron chi connectivity index (χ4n) is 2.58. The first-order valence-electron chi connectivity index (χ1n) is 7.22. The summed E-state index contributed by atoms with van der Waals surface area (Å²) in [6.07, 6.45) is -4.17. The molecule has 0 bridgehead atoms. The summed E-state index contributed by atoms with van der Waals surface area (Å²) in [5, 5.41) is 13.7. The zero-order valence-corrected chi connectivity index (χ0v) is 12.5. The summed E-state index contributed by atoms with van der Waals surface area (Å²) >= 11 is 0. The lowest BCUT2D eigenvalue weighted by molar-refractivity contribution is -0.384. The van der Waals surface area contributed by atoms with Crippen LogP contribution in [0.4, 0.5) is 28.9 Å². The first-order chi connectivity index (χ1) is 11.2. The number of carbonyl (C=O) groups is 1. The van der Waals surface area contributed by atoms with E-state index in [-0.39, 0.29) is 24.7 Å². The van der Waals surface area contributed by atoms with Crippen LogP contribution in [0.3, 0.4) is 0 Å². The highest BCUT2D eigenvalue weighted by molar-refractivity contribution is 5.81. The van der Waals surface area contributed by atoms with Crippen LogP contribution in [-0.2, 0) is 4.79 Å². The third-order valence-electron chi connectivity index (χ3n) is 3.88. The first kappa shape index (κ1) is 18.0. The smallest absolute Gasteiger partial charge is 0.379 e. The summed E-state index contributed by atoms with van der Waals surface area (Å²) in [5.41, 5.74) is -0.255. The highest BCUT2D eigenvalue weighted by atomic mass is 19.4. The van der Waals surface area contributed by atoms with Crippen LogP contribution in [0.1, 0.15) is 12.8 Å². The van der Waals surface area contributed by atoms with Gasteiger partial charge in [-0.1, -0.05) is 0 Å². The van der Waals surface area contributed by atoms with Crippen molar-refractivity contribution in [2.24, 2.45) is 5.92 Å². The molecule has 24 heavy (non-hydrogen) atoms. The number of nitrogens with zero attached hydrogens (tertiary/aromatic N) is 2. The van der Waals surface area contributed by atoms with Crippen molar-refractivity contribution in [1.82, 2.24) is 4.90 Å². The number of carbonyl (C=O) groups excluding carboxylic acids is 1. The van der Waals surface area contributed by atoms with E-state index in [0.717, 1.165) is 17.0 Å². The second-order valence-electron chi connectivity index (χ2n) is 5.53. The summed E-state index contributed by atoms with van der Waals surface area (Å²) < 4.78 is 50.1. The van der Waals surface area contributed by atoms with Crippen molar-refractivity contribution < 1.29 is 27.3 Å². The molecule has 6 nitrogen and oxygen atoms in total. The molecule has 1 heterocycles. The molecular formula is C14H15F4N3O3. The molecule has 0 radical (unpaired) electrons. The largest absolute Gasteiger partial charge is 0.471 e. The van der Waals surface area contributed by atoms with Gasteiger partial charge in [-0.3, -0.25) is 14.9 Å². The fraction of sp³-hybridized carbons (Fsp3) is 0.500. The summed E-state index contributed by atoms with van der Waals surface area (Å²) in [4.78, 5) is 22.1. The van der Waals surface area contributed by atoms with Gasteiger partial charge < -0.3 is 10.2 Å². The summed E-state index contributed by atoms with van der Waals surface area (Å²) in [6.45, 7) is 0.257. The SMILES string of the molecule is O=C(N1CCC(CNc2ccc(F)cc2[N+](=O)[O-])CC1)C(F)(F)F. The van der Waals surface area contributed by atoms with E-state index < -0.39 is 28.5 Å². The second-order valence-corrected chi connectivity index (χ2v) is 5.53. The Morgan fingerprint density at radius 3 is 2.50 bits per heavy atom. The van der Waals surface area contributed by atoms with Gasteiger partial charge in [0, 0.05) is 19.6 Å². The molecule has 1 fully saturated rings. The Hall–Kier alpha value is -2.39. The van der Waals surface area contributed by atoms with Gasteiger partial charge in [-0.15, -0.1) is 0 Å². The molecule has 0 aromatic heterocycles. The number of anilines is 1. The Morgan fingerprint density at radius 1 is 1.33 bits per heavy atom. The number of nitro benzene ring substituents is 1. The molecule has 0 unspecified atom stereocenters. The minimum Gasteiger partial charge on any atom is -0.379 e. The van der Waals surface area contributed by atoms with E-state index in [4.69, 9.17) is 0 Å². The molecule has 10 heteroatoms. The van der Waals surface area contributed by atoms with Crippen LogP contribution in [0, 0.1) is 21.8 Å². The van der Waals surface area contributed by atoms with Crippen LogP contribution in [0.5, 0.6) is 0 Å². The number of rotatable bonds is 4. The van der Waals surface area contributed by atoms with E-state index in [9.17, 15) is 32.5 Å². The van der Waals surface area contributed by atoms with Crippen molar-refractivity contribution in [2.75, 3.05) is 25.0 Å². The lowest BCUT2D eigenvalue weighted by Crippen LogP contribution is -2.46. The Balaban J connectivity index is 1.90. The predicted octanol–water partition coefficient (Wildman–Crippen LogP) is 2.95. The monoisotopic (exact) mass is 349 g/mol. The topological polar surface area (TPSA) is 75.5 Å². The van der Waals surface area contributed by atoms with Crippen LogP contribution >= 0.6 is 0 Å². The fourth-order valence-corrected chi connectivity index (χ4v) is 2.58. The normalized spacial score (nSPS) is 16.1. The van der Waals surface area contributed by atoms with Gasteiger partial charge in [0.1, 0.15) is 11.5 Å². The molecule has 1 aliphatic rings. The summed E-state index contributed by atoms with van der Waals surface area (Å²) in [5.74, 6) is -2.61. The van der Waals surface area contributed by atoms with Gasteiger partial charge in [-0.2, -0.15) is 13.2 Å². The summed E-state index contributed by atoms with van der Waals surface area (Å²) in [7, 11) is 0. The number of likely N-dealkylation sites (tertiary alicyclic amines) is 1.